The third kappa shape index (κ3) is 3.40. The number of hydrogen-bond donors (Lipinski definition) is 2. The summed E-state index contributed by atoms with van der Waals surface area (Å²) in [6, 6.07) is 5.22. The van der Waals surface area contributed by atoms with Crippen LogP contribution in [-0.2, 0) is 17.6 Å². The zero-order chi connectivity index (χ0) is 14.5. The van der Waals surface area contributed by atoms with Crippen molar-refractivity contribution in [1.82, 2.24) is 10.2 Å². The van der Waals surface area contributed by atoms with Crippen molar-refractivity contribution in [3.8, 4) is 0 Å². The van der Waals surface area contributed by atoms with Gasteiger partial charge in [-0.2, -0.15) is 5.10 Å². The molecule has 1 heterocycles. The SMILES string of the molecule is CCCc1cc(NC(=O)Cc2c(F)cccc2F)n[nH]1. The second-order valence-corrected chi connectivity index (χ2v) is 4.45. The number of H-pyrrole nitrogens is 1. The van der Waals surface area contributed by atoms with E-state index >= 15 is 0 Å². The molecule has 0 aliphatic heterocycles. The van der Waals surface area contributed by atoms with Crippen LogP contribution in [0.25, 0.3) is 0 Å². The summed E-state index contributed by atoms with van der Waals surface area (Å²) in [7, 11) is 0. The van der Waals surface area contributed by atoms with Crippen LogP contribution in [0, 0.1) is 11.6 Å². The number of nitrogens with zero attached hydrogens (tertiary/aromatic N) is 1. The Morgan fingerprint density at radius 3 is 2.70 bits per heavy atom. The third-order valence-electron chi connectivity index (χ3n) is 2.82. The Bertz CT molecular complexity index is 590. The minimum absolute atomic E-state index is 0.241. The standard InChI is InChI=1S/C14H15F2N3O/c1-2-4-9-7-13(19-18-9)17-14(20)8-10-11(15)5-3-6-12(10)16/h3,5-7H,2,4,8H2,1H3,(H2,17,18,19,20). The molecule has 1 amide bonds. The average Bonchev–Trinajstić information content (AvgIpc) is 2.82. The van der Waals surface area contributed by atoms with Crippen molar-refractivity contribution in [2.24, 2.45) is 0 Å². The van der Waals surface area contributed by atoms with E-state index in [-0.39, 0.29) is 12.0 Å². The number of rotatable bonds is 5. The molecule has 0 aliphatic rings. The van der Waals surface area contributed by atoms with Gasteiger partial charge in [0.2, 0.25) is 5.91 Å². The van der Waals surface area contributed by atoms with Crippen molar-refractivity contribution in [3.63, 3.8) is 0 Å². The summed E-state index contributed by atoms with van der Waals surface area (Å²) >= 11 is 0. The molecule has 0 atom stereocenters. The monoisotopic (exact) mass is 279 g/mol. The summed E-state index contributed by atoms with van der Waals surface area (Å²) in [5.41, 5.74) is 0.661. The van der Waals surface area contributed by atoms with E-state index in [1.165, 1.54) is 6.07 Å². The summed E-state index contributed by atoms with van der Waals surface area (Å²) in [6.07, 6.45) is 1.41. The second-order valence-electron chi connectivity index (χ2n) is 4.45. The summed E-state index contributed by atoms with van der Waals surface area (Å²) in [4.78, 5) is 11.8. The normalized spacial score (nSPS) is 10.6. The summed E-state index contributed by atoms with van der Waals surface area (Å²) in [5, 5.41) is 9.21. The summed E-state index contributed by atoms with van der Waals surface area (Å²) in [6.45, 7) is 2.03. The lowest BCUT2D eigenvalue weighted by atomic mass is 10.1. The van der Waals surface area contributed by atoms with Gasteiger partial charge in [-0.05, 0) is 18.6 Å². The third-order valence-corrected chi connectivity index (χ3v) is 2.82. The van der Waals surface area contributed by atoms with Crippen LogP contribution >= 0.6 is 0 Å². The largest absolute Gasteiger partial charge is 0.309 e. The molecule has 4 nitrogen and oxygen atoms in total. The summed E-state index contributed by atoms with van der Waals surface area (Å²) in [5.74, 6) is -1.61. The van der Waals surface area contributed by atoms with E-state index in [4.69, 9.17) is 0 Å². The number of nitrogens with one attached hydrogen (secondary N) is 2. The lowest BCUT2D eigenvalue weighted by molar-refractivity contribution is -0.115. The first-order valence-corrected chi connectivity index (χ1v) is 6.37. The van der Waals surface area contributed by atoms with E-state index in [0.29, 0.717) is 5.82 Å². The van der Waals surface area contributed by atoms with Crippen LogP contribution in [-0.4, -0.2) is 16.1 Å². The van der Waals surface area contributed by atoms with Crippen LogP contribution in [0.5, 0.6) is 0 Å². The van der Waals surface area contributed by atoms with E-state index in [1.54, 1.807) is 6.07 Å². The number of anilines is 1. The zero-order valence-corrected chi connectivity index (χ0v) is 11.0. The Morgan fingerprint density at radius 2 is 2.05 bits per heavy atom. The number of carbonyl (C=O) groups excluding carboxylic acids is 1. The highest BCUT2D eigenvalue weighted by Gasteiger charge is 2.14. The highest BCUT2D eigenvalue weighted by molar-refractivity contribution is 5.91. The predicted octanol–water partition coefficient (Wildman–Crippen LogP) is 2.82. The van der Waals surface area contributed by atoms with Crippen molar-refractivity contribution in [2.45, 2.75) is 26.2 Å². The van der Waals surface area contributed by atoms with E-state index in [9.17, 15) is 13.6 Å². The number of halogens is 2. The number of amides is 1. The van der Waals surface area contributed by atoms with Gasteiger partial charge >= 0.3 is 0 Å². The minimum Gasteiger partial charge on any atom is -0.309 e. The van der Waals surface area contributed by atoms with E-state index < -0.39 is 17.5 Å². The van der Waals surface area contributed by atoms with Crippen LogP contribution in [0.3, 0.4) is 0 Å². The van der Waals surface area contributed by atoms with Gasteiger partial charge in [-0.25, -0.2) is 8.78 Å². The molecule has 0 saturated carbocycles. The van der Waals surface area contributed by atoms with Crippen LogP contribution in [0.4, 0.5) is 14.6 Å². The average molecular weight is 279 g/mol. The van der Waals surface area contributed by atoms with Gasteiger partial charge in [0.25, 0.3) is 0 Å². The summed E-state index contributed by atoms with van der Waals surface area (Å²) < 4.78 is 26.8. The van der Waals surface area contributed by atoms with Gasteiger partial charge in [-0.15, -0.1) is 0 Å². The molecule has 0 bridgehead atoms. The van der Waals surface area contributed by atoms with Gasteiger partial charge in [0.05, 0.1) is 6.42 Å². The fraction of sp³-hybridized carbons (Fsp3) is 0.286. The van der Waals surface area contributed by atoms with Crippen LogP contribution in [0.2, 0.25) is 0 Å². The maximum Gasteiger partial charge on any atom is 0.230 e. The number of aromatic amines is 1. The van der Waals surface area contributed by atoms with Gasteiger partial charge in [-0.3, -0.25) is 9.89 Å². The Labute approximate surface area is 115 Å². The van der Waals surface area contributed by atoms with Gasteiger partial charge in [-0.1, -0.05) is 19.4 Å². The molecule has 1 aromatic carbocycles. The van der Waals surface area contributed by atoms with E-state index in [2.05, 4.69) is 15.5 Å². The highest BCUT2D eigenvalue weighted by atomic mass is 19.1. The fourth-order valence-electron chi connectivity index (χ4n) is 1.87. The zero-order valence-electron chi connectivity index (χ0n) is 11.0. The van der Waals surface area contributed by atoms with E-state index in [0.717, 1.165) is 30.7 Å². The topological polar surface area (TPSA) is 57.8 Å². The molecule has 106 valence electrons. The molecule has 0 saturated heterocycles. The van der Waals surface area contributed by atoms with Crippen molar-refractivity contribution in [3.05, 3.63) is 47.2 Å². The molecule has 0 unspecified atom stereocenters. The van der Waals surface area contributed by atoms with Gasteiger partial charge < -0.3 is 5.32 Å². The lowest BCUT2D eigenvalue weighted by Gasteiger charge is -2.04. The van der Waals surface area contributed by atoms with Gasteiger partial charge in [0, 0.05) is 17.3 Å². The van der Waals surface area contributed by atoms with Crippen LogP contribution in [0.1, 0.15) is 24.6 Å². The quantitative estimate of drug-likeness (QED) is 0.884. The molecule has 0 fully saturated rings. The Hall–Kier alpha value is -2.24. The van der Waals surface area contributed by atoms with Crippen molar-refractivity contribution < 1.29 is 13.6 Å². The number of benzene rings is 1. The maximum absolute atomic E-state index is 13.4. The first-order chi connectivity index (χ1) is 9.60. The highest BCUT2D eigenvalue weighted by Crippen LogP contribution is 2.14. The Kier molecular flexibility index (Phi) is 4.45. The molecule has 0 spiro atoms. The molecular formula is C14H15F2N3O. The molecule has 0 radical (unpaired) electrons. The molecule has 1 aromatic heterocycles. The Morgan fingerprint density at radius 1 is 1.35 bits per heavy atom. The lowest BCUT2D eigenvalue weighted by Crippen LogP contribution is -2.16. The van der Waals surface area contributed by atoms with Crippen LogP contribution < -0.4 is 5.32 Å². The van der Waals surface area contributed by atoms with Crippen molar-refractivity contribution >= 4 is 11.7 Å². The number of hydrogen-bond acceptors (Lipinski definition) is 2. The molecule has 20 heavy (non-hydrogen) atoms. The second kappa shape index (κ2) is 6.27. The van der Waals surface area contributed by atoms with Gasteiger partial charge in [0.1, 0.15) is 11.6 Å². The minimum atomic E-state index is -0.728. The molecule has 2 aromatic rings. The fourth-order valence-corrected chi connectivity index (χ4v) is 1.87. The van der Waals surface area contributed by atoms with Crippen molar-refractivity contribution in [2.75, 3.05) is 5.32 Å². The van der Waals surface area contributed by atoms with Crippen molar-refractivity contribution in [1.29, 1.82) is 0 Å². The van der Waals surface area contributed by atoms with Crippen LogP contribution in [0.15, 0.2) is 24.3 Å². The molecule has 2 N–H and O–H groups in total. The first kappa shape index (κ1) is 14.2. The number of aryl methyl sites for hydroxylation is 1. The molecule has 6 heteroatoms. The maximum atomic E-state index is 13.4. The smallest absolute Gasteiger partial charge is 0.230 e. The first-order valence-electron chi connectivity index (χ1n) is 6.37. The van der Waals surface area contributed by atoms with E-state index in [1.807, 2.05) is 6.92 Å². The predicted molar refractivity (Wildman–Crippen MR) is 71.3 cm³/mol. The van der Waals surface area contributed by atoms with Gasteiger partial charge in [0.15, 0.2) is 5.82 Å². The Balaban J connectivity index is 2.01. The number of carbonyl (C=O) groups is 1. The molecule has 0 aliphatic carbocycles. The molecule has 2 rings (SSSR count). The number of aromatic nitrogens is 2. The molecular weight excluding hydrogens is 264 g/mol.